The maximum absolute atomic E-state index is 11.9. The molecule has 6 nitrogen and oxygen atoms in total. The number of hydrogen-bond acceptors (Lipinski definition) is 5. The lowest BCUT2D eigenvalue weighted by Gasteiger charge is -2.09. The van der Waals surface area contributed by atoms with Crippen LogP contribution in [0.25, 0.3) is 6.08 Å². The van der Waals surface area contributed by atoms with E-state index in [4.69, 9.17) is 9.47 Å². The molecule has 6 heteroatoms. The highest BCUT2D eigenvalue weighted by Crippen LogP contribution is 2.18. The molecule has 0 fully saturated rings. The molecule has 0 aliphatic heterocycles. The minimum absolute atomic E-state index is 0.169. The molecule has 0 atom stereocenters. The number of carbonyl (C=O) groups excluding carboxylic acids is 3. The van der Waals surface area contributed by atoms with Crippen LogP contribution in [0.3, 0.4) is 0 Å². The first-order chi connectivity index (χ1) is 12.5. The summed E-state index contributed by atoms with van der Waals surface area (Å²) in [6, 6.07) is 13.8. The minimum atomic E-state index is -0.661. The summed E-state index contributed by atoms with van der Waals surface area (Å²) in [6.07, 6.45) is 2.76. The fourth-order valence-corrected chi connectivity index (χ4v) is 2.23. The third-order valence-corrected chi connectivity index (χ3v) is 3.46. The van der Waals surface area contributed by atoms with E-state index in [1.165, 1.54) is 20.1 Å². The lowest BCUT2D eigenvalue weighted by atomic mass is 10.1. The van der Waals surface area contributed by atoms with Gasteiger partial charge in [0.05, 0.1) is 12.8 Å². The summed E-state index contributed by atoms with van der Waals surface area (Å²) in [5, 5.41) is 2.56. The zero-order valence-corrected chi connectivity index (χ0v) is 14.5. The van der Waals surface area contributed by atoms with Crippen LogP contribution in [-0.2, 0) is 14.3 Å². The van der Waals surface area contributed by atoms with Crippen molar-refractivity contribution in [2.24, 2.45) is 0 Å². The van der Waals surface area contributed by atoms with Gasteiger partial charge in [0.25, 0.3) is 5.91 Å². The topological polar surface area (TPSA) is 81.7 Å². The Kier molecular flexibility index (Phi) is 6.68. The molecular weight excluding hydrogens is 334 g/mol. The Labute approximate surface area is 151 Å². The highest BCUT2D eigenvalue weighted by Gasteiger charge is 2.11. The van der Waals surface area contributed by atoms with Gasteiger partial charge >= 0.3 is 5.97 Å². The number of esters is 1. The van der Waals surface area contributed by atoms with Crippen LogP contribution in [0.5, 0.6) is 5.75 Å². The van der Waals surface area contributed by atoms with Crippen LogP contribution in [0.15, 0.2) is 54.6 Å². The molecule has 0 aliphatic carbocycles. The number of carbonyl (C=O) groups is 3. The van der Waals surface area contributed by atoms with Gasteiger partial charge < -0.3 is 14.8 Å². The molecule has 26 heavy (non-hydrogen) atoms. The van der Waals surface area contributed by atoms with E-state index < -0.39 is 18.5 Å². The maximum Gasteiger partial charge on any atom is 0.331 e. The molecule has 2 rings (SSSR count). The second kappa shape index (κ2) is 9.17. The molecule has 1 N–H and O–H groups in total. The van der Waals surface area contributed by atoms with Gasteiger partial charge in [-0.05, 0) is 31.2 Å². The Bertz CT molecular complexity index is 842. The highest BCUT2D eigenvalue weighted by molar-refractivity contribution is 6.04. The normalized spacial score (nSPS) is 10.4. The van der Waals surface area contributed by atoms with Crippen LogP contribution in [0.2, 0.25) is 0 Å². The molecule has 0 bridgehead atoms. The molecule has 0 radical (unpaired) electrons. The first-order valence-corrected chi connectivity index (χ1v) is 7.89. The van der Waals surface area contributed by atoms with Gasteiger partial charge in [-0.3, -0.25) is 9.59 Å². The van der Waals surface area contributed by atoms with Crippen molar-refractivity contribution < 1.29 is 23.9 Å². The lowest BCUT2D eigenvalue weighted by molar-refractivity contribution is -0.142. The maximum atomic E-state index is 11.9. The number of anilines is 1. The van der Waals surface area contributed by atoms with Crippen molar-refractivity contribution in [1.29, 1.82) is 0 Å². The molecule has 2 aromatic rings. The standard InChI is InChI=1S/C20H19NO5/c1-14(22)16-8-4-5-9-17(16)21-19(23)13-26-20(24)12-11-15-7-3-6-10-18(15)25-2/h3-12H,13H2,1-2H3,(H,21,23)/b12-11+. The molecular formula is C20H19NO5. The number of rotatable bonds is 7. The predicted molar refractivity (Wildman–Crippen MR) is 98.1 cm³/mol. The van der Waals surface area contributed by atoms with Crippen molar-refractivity contribution in [2.45, 2.75) is 6.92 Å². The molecule has 1 amide bonds. The first kappa shape index (κ1) is 18.9. The van der Waals surface area contributed by atoms with Crippen LogP contribution in [0.4, 0.5) is 5.69 Å². The van der Waals surface area contributed by atoms with E-state index in [-0.39, 0.29) is 5.78 Å². The molecule has 134 valence electrons. The van der Waals surface area contributed by atoms with Crippen LogP contribution < -0.4 is 10.1 Å². The van der Waals surface area contributed by atoms with Crippen molar-refractivity contribution in [3.8, 4) is 5.75 Å². The predicted octanol–water partition coefficient (Wildman–Crippen LogP) is 3.09. The molecule has 0 aromatic heterocycles. The van der Waals surface area contributed by atoms with E-state index in [1.54, 1.807) is 42.5 Å². The van der Waals surface area contributed by atoms with E-state index in [0.717, 1.165) is 0 Å². The zero-order chi connectivity index (χ0) is 18.9. The molecule has 0 saturated heterocycles. The lowest BCUT2D eigenvalue weighted by Crippen LogP contribution is -2.21. The summed E-state index contributed by atoms with van der Waals surface area (Å²) < 4.78 is 10.1. The summed E-state index contributed by atoms with van der Waals surface area (Å²) in [4.78, 5) is 35.2. The average Bonchev–Trinajstić information content (AvgIpc) is 2.65. The number of Topliss-reactive ketones (excluding diaryl/α,β-unsaturated/α-hetero) is 1. The number of para-hydroxylation sites is 2. The van der Waals surface area contributed by atoms with Crippen molar-refractivity contribution in [3.63, 3.8) is 0 Å². The highest BCUT2D eigenvalue weighted by atomic mass is 16.5. The summed E-state index contributed by atoms with van der Waals surface area (Å²) in [7, 11) is 1.54. The molecule has 0 saturated carbocycles. The third kappa shape index (κ3) is 5.31. The van der Waals surface area contributed by atoms with Gasteiger partial charge in [-0.2, -0.15) is 0 Å². The first-order valence-electron chi connectivity index (χ1n) is 7.89. The number of amides is 1. The van der Waals surface area contributed by atoms with Gasteiger partial charge in [0.15, 0.2) is 12.4 Å². The van der Waals surface area contributed by atoms with Crippen LogP contribution in [0.1, 0.15) is 22.8 Å². The van der Waals surface area contributed by atoms with Crippen LogP contribution in [-0.4, -0.2) is 31.4 Å². The Morgan fingerprint density at radius 2 is 1.73 bits per heavy atom. The Hall–Kier alpha value is -3.41. The summed E-state index contributed by atoms with van der Waals surface area (Å²) in [5.41, 5.74) is 1.49. The smallest absolute Gasteiger partial charge is 0.331 e. The molecule has 0 heterocycles. The number of ether oxygens (including phenoxy) is 2. The monoisotopic (exact) mass is 353 g/mol. The number of methoxy groups -OCH3 is 1. The number of benzene rings is 2. The number of ketones is 1. The third-order valence-electron chi connectivity index (χ3n) is 3.46. The average molecular weight is 353 g/mol. The minimum Gasteiger partial charge on any atom is -0.496 e. The second-order valence-corrected chi connectivity index (χ2v) is 5.33. The van der Waals surface area contributed by atoms with E-state index >= 15 is 0 Å². The largest absolute Gasteiger partial charge is 0.496 e. The number of hydrogen-bond donors (Lipinski definition) is 1. The SMILES string of the molecule is COc1ccccc1/C=C/C(=O)OCC(=O)Nc1ccccc1C(C)=O. The van der Waals surface area contributed by atoms with Gasteiger partial charge in [0.1, 0.15) is 5.75 Å². The van der Waals surface area contributed by atoms with Gasteiger partial charge in [0.2, 0.25) is 0 Å². The van der Waals surface area contributed by atoms with Crippen molar-refractivity contribution in [1.82, 2.24) is 0 Å². The van der Waals surface area contributed by atoms with Crippen molar-refractivity contribution in [2.75, 3.05) is 19.0 Å². The van der Waals surface area contributed by atoms with E-state index in [1.807, 2.05) is 12.1 Å². The zero-order valence-electron chi connectivity index (χ0n) is 14.5. The van der Waals surface area contributed by atoms with Gasteiger partial charge in [-0.15, -0.1) is 0 Å². The van der Waals surface area contributed by atoms with Crippen molar-refractivity contribution in [3.05, 3.63) is 65.7 Å². The quantitative estimate of drug-likeness (QED) is 0.470. The van der Waals surface area contributed by atoms with Gasteiger partial charge in [-0.25, -0.2) is 4.79 Å². The fourth-order valence-electron chi connectivity index (χ4n) is 2.23. The van der Waals surface area contributed by atoms with Crippen LogP contribution >= 0.6 is 0 Å². The Morgan fingerprint density at radius 1 is 1.04 bits per heavy atom. The van der Waals surface area contributed by atoms with E-state index in [2.05, 4.69) is 5.32 Å². The number of nitrogens with one attached hydrogen (secondary N) is 1. The molecule has 0 aliphatic rings. The fraction of sp³-hybridized carbons (Fsp3) is 0.150. The van der Waals surface area contributed by atoms with E-state index in [9.17, 15) is 14.4 Å². The summed E-state index contributed by atoms with van der Waals surface area (Å²) in [5.74, 6) is -0.739. The summed E-state index contributed by atoms with van der Waals surface area (Å²) >= 11 is 0. The van der Waals surface area contributed by atoms with E-state index in [0.29, 0.717) is 22.6 Å². The summed E-state index contributed by atoms with van der Waals surface area (Å²) in [6.45, 7) is 0.953. The molecule has 0 unspecified atom stereocenters. The van der Waals surface area contributed by atoms with Crippen LogP contribution in [0, 0.1) is 0 Å². The Morgan fingerprint density at radius 3 is 2.46 bits per heavy atom. The van der Waals surface area contributed by atoms with Gasteiger partial charge in [-0.1, -0.05) is 30.3 Å². The van der Waals surface area contributed by atoms with Crippen molar-refractivity contribution >= 4 is 29.4 Å². The Balaban J connectivity index is 1.90. The molecule has 2 aromatic carbocycles. The second-order valence-electron chi connectivity index (χ2n) is 5.33. The molecule has 0 spiro atoms. The van der Waals surface area contributed by atoms with Gasteiger partial charge in [0, 0.05) is 17.2 Å².